The Labute approximate surface area is 166 Å². The van der Waals surface area contributed by atoms with Gasteiger partial charge in [-0.1, -0.05) is 42.5 Å². The molecule has 0 aliphatic rings. The third-order valence-corrected chi connectivity index (χ3v) is 4.50. The number of carbonyl (C=O) groups is 1. The lowest BCUT2D eigenvalue weighted by Gasteiger charge is -2.22. The molecule has 0 aliphatic carbocycles. The molecule has 1 heterocycles. The second-order valence-electron chi connectivity index (χ2n) is 8.14. The van der Waals surface area contributed by atoms with Crippen LogP contribution in [0.1, 0.15) is 38.0 Å². The molecule has 3 rings (SSSR count). The fourth-order valence-corrected chi connectivity index (χ4v) is 3.31. The van der Waals surface area contributed by atoms with E-state index in [9.17, 15) is 9.90 Å². The van der Waals surface area contributed by atoms with Crippen molar-refractivity contribution in [3.05, 3.63) is 71.9 Å². The number of carbonyl (C=O) groups excluding carboxylic acids is 1. The maximum atomic E-state index is 12.5. The monoisotopic (exact) mass is 380 g/mol. The molecule has 28 heavy (non-hydrogen) atoms. The molecule has 1 N–H and O–H groups in total. The first-order chi connectivity index (χ1) is 13.2. The Kier molecular flexibility index (Phi) is 5.87. The molecule has 0 bridgehead atoms. The van der Waals surface area contributed by atoms with E-state index in [0.29, 0.717) is 6.54 Å². The number of rotatable bonds is 5. The van der Waals surface area contributed by atoms with Crippen LogP contribution in [0.25, 0.3) is 10.9 Å². The van der Waals surface area contributed by atoms with Gasteiger partial charge in [0.05, 0.1) is 11.6 Å². The van der Waals surface area contributed by atoms with Gasteiger partial charge in [0.15, 0.2) is 0 Å². The highest BCUT2D eigenvalue weighted by Crippen LogP contribution is 2.27. The normalized spacial score (nSPS) is 13.1. The average Bonchev–Trinajstić information content (AvgIpc) is 3.05. The van der Waals surface area contributed by atoms with Gasteiger partial charge in [-0.2, -0.15) is 0 Å². The van der Waals surface area contributed by atoms with Crippen LogP contribution in [0.4, 0.5) is 4.79 Å². The van der Waals surface area contributed by atoms with Gasteiger partial charge in [-0.05, 0) is 51.1 Å². The van der Waals surface area contributed by atoms with Crippen molar-refractivity contribution in [2.24, 2.45) is 0 Å². The molecule has 1 atom stereocenters. The summed E-state index contributed by atoms with van der Waals surface area (Å²) in [6, 6.07) is 17.7. The first-order valence-corrected chi connectivity index (χ1v) is 9.48. The molecule has 0 saturated carbocycles. The summed E-state index contributed by atoms with van der Waals surface area (Å²) in [7, 11) is 1.99. The topological polar surface area (TPSA) is 54.7 Å². The fourth-order valence-electron chi connectivity index (χ4n) is 3.31. The first-order valence-electron chi connectivity index (χ1n) is 9.48. The minimum absolute atomic E-state index is 0.421. The van der Waals surface area contributed by atoms with E-state index in [-0.39, 0.29) is 0 Å². The lowest BCUT2D eigenvalue weighted by Crippen LogP contribution is -2.26. The molecule has 2 aromatic carbocycles. The van der Waals surface area contributed by atoms with Crippen molar-refractivity contribution in [1.82, 2.24) is 9.47 Å². The summed E-state index contributed by atoms with van der Waals surface area (Å²) in [6.07, 6.45) is 0.616. The summed E-state index contributed by atoms with van der Waals surface area (Å²) < 4.78 is 6.97. The Balaban J connectivity index is 1.78. The van der Waals surface area contributed by atoms with E-state index in [4.69, 9.17) is 4.74 Å². The quantitative estimate of drug-likeness (QED) is 0.703. The van der Waals surface area contributed by atoms with Crippen LogP contribution < -0.4 is 0 Å². The molecule has 0 aliphatic heterocycles. The predicted molar refractivity (Wildman–Crippen MR) is 111 cm³/mol. The molecular formula is C23H28N2O3. The Morgan fingerprint density at radius 1 is 1.11 bits per heavy atom. The van der Waals surface area contributed by atoms with Crippen LogP contribution in [0.15, 0.2) is 60.8 Å². The zero-order valence-corrected chi connectivity index (χ0v) is 16.9. The number of benzene rings is 2. The lowest BCUT2D eigenvalue weighted by atomic mass is 10.0. The zero-order valence-electron chi connectivity index (χ0n) is 16.9. The molecule has 148 valence electrons. The van der Waals surface area contributed by atoms with Crippen molar-refractivity contribution < 1.29 is 14.6 Å². The standard InChI is InChI=1S/C23H28N2O3/c1-23(2,3)28-22(27)25-14-13-18-19(11-8-12-20(18)25)21(26)16-24(4)15-17-9-6-5-7-10-17/h5-14,21,26H,15-16H2,1-4H3. The molecule has 1 aromatic heterocycles. The summed E-state index contributed by atoms with van der Waals surface area (Å²) >= 11 is 0. The average molecular weight is 380 g/mol. The van der Waals surface area contributed by atoms with Crippen LogP contribution in [0.3, 0.4) is 0 Å². The largest absolute Gasteiger partial charge is 0.443 e. The number of aliphatic hydroxyl groups excluding tert-OH is 1. The lowest BCUT2D eigenvalue weighted by molar-refractivity contribution is 0.0544. The van der Waals surface area contributed by atoms with E-state index in [1.165, 1.54) is 10.1 Å². The number of nitrogens with zero attached hydrogens (tertiary/aromatic N) is 2. The molecule has 0 saturated heterocycles. The van der Waals surface area contributed by atoms with Crippen LogP contribution in [0, 0.1) is 0 Å². The van der Waals surface area contributed by atoms with Crippen LogP contribution in [-0.4, -0.2) is 39.9 Å². The van der Waals surface area contributed by atoms with Crippen molar-refractivity contribution in [3.63, 3.8) is 0 Å². The van der Waals surface area contributed by atoms with E-state index in [2.05, 4.69) is 17.0 Å². The van der Waals surface area contributed by atoms with Gasteiger partial charge in [-0.3, -0.25) is 9.47 Å². The van der Waals surface area contributed by atoms with Crippen molar-refractivity contribution in [2.75, 3.05) is 13.6 Å². The van der Waals surface area contributed by atoms with Crippen LogP contribution in [-0.2, 0) is 11.3 Å². The van der Waals surface area contributed by atoms with Crippen molar-refractivity contribution in [1.29, 1.82) is 0 Å². The summed E-state index contributed by atoms with van der Waals surface area (Å²) in [5.41, 5.74) is 2.17. The zero-order chi connectivity index (χ0) is 20.3. The van der Waals surface area contributed by atoms with E-state index in [1.807, 2.05) is 70.3 Å². The predicted octanol–water partition coefficient (Wildman–Crippen LogP) is 4.59. The third-order valence-electron chi connectivity index (χ3n) is 4.50. The minimum atomic E-state index is -0.660. The van der Waals surface area contributed by atoms with Gasteiger partial charge in [0.2, 0.25) is 0 Å². The number of likely N-dealkylation sites (N-methyl/N-ethyl adjacent to an activating group) is 1. The van der Waals surface area contributed by atoms with Crippen molar-refractivity contribution in [2.45, 2.75) is 39.0 Å². The summed E-state index contributed by atoms with van der Waals surface area (Å²) in [4.78, 5) is 14.6. The fraction of sp³-hybridized carbons (Fsp3) is 0.348. The minimum Gasteiger partial charge on any atom is -0.443 e. The Bertz CT molecular complexity index is 941. The number of hydrogen-bond acceptors (Lipinski definition) is 4. The summed E-state index contributed by atoms with van der Waals surface area (Å²) in [5, 5.41) is 11.7. The molecule has 1 unspecified atom stereocenters. The van der Waals surface area contributed by atoms with Crippen molar-refractivity contribution in [3.8, 4) is 0 Å². The number of aliphatic hydroxyl groups is 1. The number of hydrogen-bond donors (Lipinski definition) is 1. The van der Waals surface area contributed by atoms with Crippen LogP contribution in [0.5, 0.6) is 0 Å². The van der Waals surface area contributed by atoms with E-state index in [0.717, 1.165) is 23.0 Å². The Hall–Kier alpha value is -2.63. The van der Waals surface area contributed by atoms with Crippen LogP contribution in [0.2, 0.25) is 0 Å². The number of aromatic nitrogens is 1. The molecule has 3 aromatic rings. The number of ether oxygens (including phenoxy) is 1. The van der Waals surface area contributed by atoms with Gasteiger partial charge in [-0.15, -0.1) is 0 Å². The first kappa shape index (κ1) is 20.1. The van der Waals surface area contributed by atoms with Gasteiger partial charge in [0.25, 0.3) is 0 Å². The molecule has 0 radical (unpaired) electrons. The summed E-state index contributed by atoms with van der Waals surface area (Å²) in [5.74, 6) is 0. The van der Waals surface area contributed by atoms with E-state index >= 15 is 0 Å². The molecule has 0 fully saturated rings. The highest BCUT2D eigenvalue weighted by molar-refractivity contribution is 5.91. The maximum absolute atomic E-state index is 12.5. The van der Waals surface area contributed by atoms with E-state index in [1.54, 1.807) is 6.20 Å². The highest BCUT2D eigenvalue weighted by atomic mass is 16.6. The van der Waals surface area contributed by atoms with Gasteiger partial charge < -0.3 is 9.84 Å². The smallest absolute Gasteiger partial charge is 0.418 e. The van der Waals surface area contributed by atoms with Gasteiger partial charge in [0, 0.05) is 24.7 Å². The Morgan fingerprint density at radius 2 is 1.82 bits per heavy atom. The SMILES string of the molecule is CN(Cc1ccccc1)CC(O)c1cccc2c1ccn2C(=O)OC(C)(C)C. The van der Waals surface area contributed by atoms with Crippen molar-refractivity contribution >= 4 is 17.0 Å². The van der Waals surface area contributed by atoms with Gasteiger partial charge in [0.1, 0.15) is 5.60 Å². The molecule has 5 nitrogen and oxygen atoms in total. The Morgan fingerprint density at radius 3 is 2.50 bits per heavy atom. The van der Waals surface area contributed by atoms with E-state index < -0.39 is 17.8 Å². The van der Waals surface area contributed by atoms with Crippen LogP contribution >= 0.6 is 0 Å². The summed E-state index contributed by atoms with van der Waals surface area (Å²) in [6.45, 7) is 6.77. The maximum Gasteiger partial charge on any atom is 0.418 e. The molecule has 0 amide bonds. The molecular weight excluding hydrogens is 352 g/mol. The molecule has 0 spiro atoms. The van der Waals surface area contributed by atoms with Gasteiger partial charge in [-0.25, -0.2) is 4.79 Å². The van der Waals surface area contributed by atoms with Gasteiger partial charge >= 0.3 is 6.09 Å². The molecule has 5 heteroatoms. The second-order valence-corrected chi connectivity index (χ2v) is 8.14. The highest BCUT2D eigenvalue weighted by Gasteiger charge is 2.21. The second kappa shape index (κ2) is 8.17. The third kappa shape index (κ3) is 4.80. The number of fused-ring (bicyclic) bond motifs is 1.